The lowest BCUT2D eigenvalue weighted by atomic mass is 10.1. The molecule has 0 saturated heterocycles. The summed E-state index contributed by atoms with van der Waals surface area (Å²) in [5.41, 5.74) is 3.79. The van der Waals surface area contributed by atoms with E-state index in [1.54, 1.807) is 0 Å². The van der Waals surface area contributed by atoms with Crippen LogP contribution in [0, 0.1) is 0 Å². The largest absolute Gasteiger partial charge is 0.340 e. The number of rotatable bonds is 6. The fourth-order valence-electron chi connectivity index (χ4n) is 3.43. The Bertz CT molecular complexity index is 1100. The van der Waals surface area contributed by atoms with Crippen LogP contribution in [0.4, 0.5) is 0 Å². The second-order valence-corrected chi connectivity index (χ2v) is 7.64. The van der Waals surface area contributed by atoms with Crippen LogP contribution in [0.15, 0.2) is 54.6 Å². The Balaban J connectivity index is 1.76. The lowest BCUT2D eigenvalue weighted by Gasteiger charge is -2.06. The number of fused-ring (bicyclic) bond motifs is 3. The molecular weight excluding hydrogens is 338 g/mol. The predicted octanol–water partition coefficient (Wildman–Crippen LogP) is 6.64. The number of unbranched alkanes of at least 4 members (excludes halogenated alkanes) is 1. The number of hydrogen-bond acceptors (Lipinski definition) is 2. The zero-order chi connectivity index (χ0) is 17.9. The van der Waals surface area contributed by atoms with Gasteiger partial charge in [0.2, 0.25) is 0 Å². The van der Waals surface area contributed by atoms with Crippen molar-refractivity contribution in [2.45, 2.75) is 26.3 Å². The summed E-state index contributed by atoms with van der Waals surface area (Å²) in [6.07, 6.45) is 7.48. The van der Waals surface area contributed by atoms with Crippen LogP contribution in [0.2, 0.25) is 0 Å². The van der Waals surface area contributed by atoms with Crippen LogP contribution in [-0.4, -0.2) is 10.9 Å². The van der Waals surface area contributed by atoms with Crippen molar-refractivity contribution in [1.29, 1.82) is 0 Å². The summed E-state index contributed by atoms with van der Waals surface area (Å²) in [7, 11) is 0. The van der Waals surface area contributed by atoms with Crippen LogP contribution in [0.25, 0.3) is 34.0 Å². The minimum Gasteiger partial charge on any atom is -0.340 e. The SMILES string of the molecule is CCCCn1c2ccccc2c2cc(/C=C/c3ccc(C=O)s3)ccc21. The number of nitrogens with zero attached hydrogens (tertiary/aromatic N) is 1. The van der Waals surface area contributed by atoms with E-state index in [4.69, 9.17) is 0 Å². The maximum absolute atomic E-state index is 10.8. The molecule has 0 unspecified atom stereocenters. The average Bonchev–Trinajstić information content (AvgIpc) is 3.27. The lowest BCUT2D eigenvalue weighted by molar-refractivity contribution is 0.112. The zero-order valence-electron chi connectivity index (χ0n) is 14.8. The first-order valence-electron chi connectivity index (χ1n) is 9.04. The third-order valence-corrected chi connectivity index (χ3v) is 5.71. The number of aromatic nitrogens is 1. The van der Waals surface area contributed by atoms with Gasteiger partial charge in [-0.3, -0.25) is 4.79 Å². The standard InChI is InChI=1S/C23H21NOS/c1-2-3-14-24-22-7-5-4-6-20(22)21-15-17(9-13-23(21)24)8-10-18-11-12-19(16-25)26-18/h4-13,15-16H,2-3,14H2,1H3/b10-8+. The monoisotopic (exact) mass is 359 g/mol. The summed E-state index contributed by atoms with van der Waals surface area (Å²) in [6, 6.07) is 19.2. The van der Waals surface area contributed by atoms with E-state index >= 15 is 0 Å². The highest BCUT2D eigenvalue weighted by molar-refractivity contribution is 7.14. The number of aryl methyl sites for hydroxylation is 1. The van der Waals surface area contributed by atoms with E-state index in [1.165, 1.54) is 51.5 Å². The van der Waals surface area contributed by atoms with Gasteiger partial charge in [0.15, 0.2) is 6.29 Å². The predicted molar refractivity (Wildman–Crippen MR) is 113 cm³/mol. The van der Waals surface area contributed by atoms with Gasteiger partial charge in [-0.25, -0.2) is 0 Å². The maximum Gasteiger partial charge on any atom is 0.160 e. The Morgan fingerprint density at radius 3 is 2.54 bits per heavy atom. The molecule has 0 aliphatic carbocycles. The quantitative estimate of drug-likeness (QED) is 0.354. The van der Waals surface area contributed by atoms with Gasteiger partial charge in [-0.2, -0.15) is 0 Å². The van der Waals surface area contributed by atoms with Gasteiger partial charge in [0.05, 0.1) is 4.88 Å². The molecule has 0 bridgehead atoms. The van der Waals surface area contributed by atoms with Crippen LogP contribution < -0.4 is 0 Å². The highest BCUT2D eigenvalue weighted by Crippen LogP contribution is 2.30. The molecular formula is C23H21NOS. The molecule has 0 spiro atoms. The van der Waals surface area contributed by atoms with E-state index in [1.807, 2.05) is 12.1 Å². The molecule has 26 heavy (non-hydrogen) atoms. The second-order valence-electron chi connectivity index (χ2n) is 6.49. The molecule has 0 atom stereocenters. The lowest BCUT2D eigenvalue weighted by Crippen LogP contribution is -1.96. The van der Waals surface area contributed by atoms with Gasteiger partial charge in [0.25, 0.3) is 0 Å². The van der Waals surface area contributed by atoms with Crippen molar-refractivity contribution >= 4 is 51.6 Å². The second kappa shape index (κ2) is 7.30. The minimum absolute atomic E-state index is 0.763. The Labute approximate surface area is 157 Å². The van der Waals surface area contributed by atoms with Crippen LogP contribution in [-0.2, 0) is 6.54 Å². The fourth-order valence-corrected chi connectivity index (χ4v) is 4.16. The number of carbonyl (C=O) groups excluding carboxylic acids is 1. The Morgan fingerprint density at radius 2 is 1.73 bits per heavy atom. The summed E-state index contributed by atoms with van der Waals surface area (Å²) in [5, 5.41) is 2.62. The summed E-state index contributed by atoms with van der Waals surface area (Å²) in [4.78, 5) is 12.7. The van der Waals surface area contributed by atoms with Gasteiger partial charge >= 0.3 is 0 Å². The number of thiophene rings is 1. The van der Waals surface area contributed by atoms with Crippen LogP contribution >= 0.6 is 11.3 Å². The molecule has 0 saturated carbocycles. The van der Waals surface area contributed by atoms with Crippen molar-refractivity contribution in [2.75, 3.05) is 0 Å². The van der Waals surface area contributed by atoms with Crippen molar-refractivity contribution in [2.24, 2.45) is 0 Å². The van der Waals surface area contributed by atoms with E-state index in [2.05, 4.69) is 66.1 Å². The van der Waals surface area contributed by atoms with E-state index < -0.39 is 0 Å². The van der Waals surface area contributed by atoms with Crippen molar-refractivity contribution < 1.29 is 4.79 Å². The molecule has 2 aromatic carbocycles. The molecule has 0 fully saturated rings. The molecule has 3 heteroatoms. The highest BCUT2D eigenvalue weighted by atomic mass is 32.1. The smallest absolute Gasteiger partial charge is 0.160 e. The summed E-state index contributed by atoms with van der Waals surface area (Å²) >= 11 is 1.51. The van der Waals surface area contributed by atoms with E-state index in [-0.39, 0.29) is 0 Å². The Morgan fingerprint density at radius 1 is 0.923 bits per heavy atom. The number of benzene rings is 2. The highest BCUT2D eigenvalue weighted by Gasteiger charge is 2.09. The molecule has 0 aliphatic heterocycles. The van der Waals surface area contributed by atoms with Crippen LogP contribution in [0.5, 0.6) is 0 Å². The summed E-state index contributed by atoms with van der Waals surface area (Å²) < 4.78 is 2.44. The molecule has 0 radical (unpaired) electrons. The zero-order valence-corrected chi connectivity index (χ0v) is 15.6. The third-order valence-electron chi connectivity index (χ3n) is 4.74. The van der Waals surface area contributed by atoms with Gasteiger partial charge in [-0.1, -0.05) is 43.7 Å². The van der Waals surface area contributed by atoms with Gasteiger partial charge < -0.3 is 4.57 Å². The minimum atomic E-state index is 0.763. The molecule has 2 aromatic heterocycles. The molecule has 2 heterocycles. The molecule has 4 aromatic rings. The molecule has 0 amide bonds. The first-order valence-corrected chi connectivity index (χ1v) is 9.86. The number of hydrogen-bond donors (Lipinski definition) is 0. The first-order chi connectivity index (χ1) is 12.8. The Hall–Kier alpha value is -2.65. The molecule has 2 nitrogen and oxygen atoms in total. The van der Waals surface area contributed by atoms with Gasteiger partial charge in [0.1, 0.15) is 0 Å². The Kier molecular flexibility index (Phi) is 4.72. The van der Waals surface area contributed by atoms with Gasteiger partial charge in [0, 0.05) is 33.2 Å². The fraction of sp³-hybridized carbons (Fsp3) is 0.174. The first kappa shape index (κ1) is 16.8. The van der Waals surface area contributed by atoms with Crippen molar-refractivity contribution in [3.63, 3.8) is 0 Å². The van der Waals surface area contributed by atoms with Crippen LogP contribution in [0.1, 0.15) is 39.9 Å². The van der Waals surface area contributed by atoms with E-state index in [9.17, 15) is 4.79 Å². The van der Waals surface area contributed by atoms with E-state index in [0.29, 0.717) is 0 Å². The third kappa shape index (κ3) is 3.11. The topological polar surface area (TPSA) is 22.0 Å². The molecule has 130 valence electrons. The van der Waals surface area contributed by atoms with Crippen molar-refractivity contribution in [1.82, 2.24) is 4.57 Å². The number of aldehydes is 1. The summed E-state index contributed by atoms with van der Waals surface area (Å²) in [5.74, 6) is 0. The maximum atomic E-state index is 10.8. The average molecular weight is 359 g/mol. The number of para-hydroxylation sites is 1. The van der Waals surface area contributed by atoms with Crippen molar-refractivity contribution in [3.05, 3.63) is 69.9 Å². The normalized spacial score (nSPS) is 11.7. The van der Waals surface area contributed by atoms with Gasteiger partial charge in [-0.05, 0) is 48.4 Å². The molecule has 4 rings (SSSR count). The molecule has 0 N–H and O–H groups in total. The summed E-state index contributed by atoms with van der Waals surface area (Å²) in [6.45, 7) is 3.29. The van der Waals surface area contributed by atoms with E-state index in [0.717, 1.165) is 22.6 Å². The van der Waals surface area contributed by atoms with Gasteiger partial charge in [-0.15, -0.1) is 11.3 Å². The van der Waals surface area contributed by atoms with Crippen LogP contribution in [0.3, 0.4) is 0 Å². The van der Waals surface area contributed by atoms with Crippen molar-refractivity contribution in [3.8, 4) is 0 Å². The molecule has 0 aliphatic rings. The number of carbonyl (C=O) groups is 1.